The zero-order valence-corrected chi connectivity index (χ0v) is 21.9. The monoisotopic (exact) mass is 519 g/mol. The van der Waals surface area contributed by atoms with Crippen LogP contribution < -0.4 is 15.1 Å². The maximum atomic E-state index is 12.8. The van der Waals surface area contributed by atoms with Crippen LogP contribution in [0, 0.1) is 20.8 Å². The Hall–Kier alpha value is -3.75. The molecule has 0 fully saturated rings. The first-order chi connectivity index (χ1) is 17.7. The van der Waals surface area contributed by atoms with Crippen molar-refractivity contribution in [1.82, 2.24) is 4.72 Å². The van der Waals surface area contributed by atoms with E-state index in [0.29, 0.717) is 28.9 Å². The van der Waals surface area contributed by atoms with Crippen molar-refractivity contribution in [2.24, 2.45) is 0 Å². The van der Waals surface area contributed by atoms with E-state index in [-0.39, 0.29) is 24.3 Å². The molecule has 4 aromatic rings. The molecule has 0 aliphatic heterocycles. The van der Waals surface area contributed by atoms with Crippen molar-refractivity contribution in [3.63, 3.8) is 0 Å². The van der Waals surface area contributed by atoms with Gasteiger partial charge in [0.05, 0.1) is 4.90 Å². The molecule has 0 saturated heterocycles. The maximum absolute atomic E-state index is 12.8. The molecule has 1 heterocycles. The molecule has 1 aromatic heterocycles. The van der Waals surface area contributed by atoms with Crippen molar-refractivity contribution in [1.29, 1.82) is 0 Å². The summed E-state index contributed by atoms with van der Waals surface area (Å²) in [7, 11) is -3.64. The molecule has 3 aromatic carbocycles. The summed E-state index contributed by atoms with van der Waals surface area (Å²) in [6.07, 6.45) is 0.759. The normalized spacial score (nSPS) is 11.5. The van der Waals surface area contributed by atoms with Crippen LogP contribution in [0.25, 0.3) is 11.0 Å². The highest BCUT2D eigenvalue weighted by molar-refractivity contribution is 7.89. The molecular formula is C29H29NO6S. The Morgan fingerprint density at radius 3 is 2.32 bits per heavy atom. The van der Waals surface area contributed by atoms with Gasteiger partial charge in [-0.1, -0.05) is 48.0 Å². The van der Waals surface area contributed by atoms with Gasteiger partial charge in [-0.25, -0.2) is 17.9 Å². The third-order valence-corrected chi connectivity index (χ3v) is 7.76. The van der Waals surface area contributed by atoms with Gasteiger partial charge in [-0.2, -0.15) is 0 Å². The quantitative estimate of drug-likeness (QED) is 0.145. The predicted molar refractivity (Wildman–Crippen MR) is 142 cm³/mol. The van der Waals surface area contributed by atoms with Gasteiger partial charge >= 0.3 is 11.6 Å². The van der Waals surface area contributed by atoms with Crippen molar-refractivity contribution < 1.29 is 22.4 Å². The molecule has 0 unspecified atom stereocenters. The van der Waals surface area contributed by atoms with Crippen LogP contribution in [0.2, 0.25) is 0 Å². The number of esters is 1. The van der Waals surface area contributed by atoms with Gasteiger partial charge in [0.1, 0.15) is 11.3 Å². The summed E-state index contributed by atoms with van der Waals surface area (Å²) in [5, 5.41) is 0.786. The molecule has 0 radical (unpaired) electrons. The van der Waals surface area contributed by atoms with Gasteiger partial charge in [-0.05, 0) is 62.6 Å². The second-order valence-electron chi connectivity index (χ2n) is 9.01. The van der Waals surface area contributed by atoms with Crippen molar-refractivity contribution in [2.75, 3.05) is 6.54 Å². The summed E-state index contributed by atoms with van der Waals surface area (Å²) >= 11 is 0. The van der Waals surface area contributed by atoms with Gasteiger partial charge in [0.2, 0.25) is 10.0 Å². The number of hydrogen-bond donors (Lipinski definition) is 1. The summed E-state index contributed by atoms with van der Waals surface area (Å²) in [4.78, 5) is 25.4. The Bertz CT molecular complexity index is 1590. The minimum atomic E-state index is -3.64. The number of hydrogen-bond acceptors (Lipinski definition) is 6. The molecule has 4 rings (SSSR count). The number of aryl methyl sites for hydroxylation is 3. The van der Waals surface area contributed by atoms with Gasteiger partial charge in [-0.15, -0.1) is 0 Å². The van der Waals surface area contributed by atoms with Crippen LogP contribution in [0.4, 0.5) is 0 Å². The Balaban J connectivity index is 1.41. The van der Waals surface area contributed by atoms with Crippen molar-refractivity contribution in [3.8, 4) is 5.75 Å². The number of fused-ring (bicyclic) bond motifs is 1. The fraction of sp³-hybridized carbons (Fsp3) is 0.241. The Morgan fingerprint density at radius 1 is 0.919 bits per heavy atom. The summed E-state index contributed by atoms with van der Waals surface area (Å²) in [6.45, 7) is 5.60. The lowest BCUT2D eigenvalue weighted by Gasteiger charge is -2.13. The number of sulfonamides is 1. The topological polar surface area (TPSA) is 103 Å². The first-order valence-electron chi connectivity index (χ1n) is 12.0. The van der Waals surface area contributed by atoms with Gasteiger partial charge < -0.3 is 9.15 Å². The Labute approximate surface area is 216 Å². The Morgan fingerprint density at radius 2 is 1.62 bits per heavy atom. The first kappa shape index (κ1) is 26.3. The highest BCUT2D eigenvalue weighted by Gasteiger charge is 2.18. The van der Waals surface area contributed by atoms with E-state index >= 15 is 0 Å². The maximum Gasteiger partial charge on any atom is 0.340 e. The second-order valence-corrected chi connectivity index (χ2v) is 10.8. The number of benzene rings is 3. The molecular weight excluding hydrogens is 490 g/mol. The molecule has 0 aliphatic carbocycles. The van der Waals surface area contributed by atoms with Crippen molar-refractivity contribution in [3.05, 3.63) is 105 Å². The molecule has 7 nitrogen and oxygen atoms in total. The molecule has 8 heteroatoms. The Kier molecular flexibility index (Phi) is 7.90. The van der Waals surface area contributed by atoms with Crippen LogP contribution in [0.3, 0.4) is 0 Å². The lowest BCUT2D eigenvalue weighted by Crippen LogP contribution is -2.25. The molecule has 0 spiro atoms. The number of carbonyl (C=O) groups is 1. The molecule has 37 heavy (non-hydrogen) atoms. The highest BCUT2D eigenvalue weighted by atomic mass is 32.2. The summed E-state index contributed by atoms with van der Waals surface area (Å²) in [5.74, 6) is -0.201. The van der Waals surface area contributed by atoms with Crippen molar-refractivity contribution >= 4 is 27.0 Å². The molecule has 0 aliphatic rings. The van der Waals surface area contributed by atoms with Gasteiger partial charge in [-0.3, -0.25) is 4.79 Å². The zero-order valence-electron chi connectivity index (χ0n) is 21.0. The molecule has 0 atom stereocenters. The van der Waals surface area contributed by atoms with Gasteiger partial charge in [0.15, 0.2) is 0 Å². The largest absolute Gasteiger partial charge is 0.426 e. The van der Waals surface area contributed by atoms with Gasteiger partial charge in [0.25, 0.3) is 0 Å². The van der Waals surface area contributed by atoms with E-state index < -0.39 is 21.6 Å². The summed E-state index contributed by atoms with van der Waals surface area (Å²) in [6, 6.07) is 19.7. The van der Waals surface area contributed by atoms with Crippen LogP contribution in [0.1, 0.15) is 40.7 Å². The van der Waals surface area contributed by atoms with E-state index in [1.165, 1.54) is 0 Å². The average molecular weight is 520 g/mol. The van der Waals surface area contributed by atoms with E-state index in [4.69, 9.17) is 9.15 Å². The highest BCUT2D eigenvalue weighted by Crippen LogP contribution is 2.30. The molecule has 0 saturated carbocycles. The van der Waals surface area contributed by atoms with E-state index in [2.05, 4.69) is 4.72 Å². The SMILES string of the molecule is Cc1ccc(S(=O)(=O)NCCCC(=O)Oc2ccc3c(C)c(Cc4ccccc4)c(=O)oc3c2C)cc1. The minimum Gasteiger partial charge on any atom is -0.426 e. The number of rotatable bonds is 9. The average Bonchev–Trinajstić information content (AvgIpc) is 2.87. The van der Waals surface area contributed by atoms with Crippen molar-refractivity contribution in [2.45, 2.75) is 44.9 Å². The summed E-state index contributed by atoms with van der Waals surface area (Å²) < 4.78 is 38.4. The molecule has 1 N–H and O–H groups in total. The van der Waals surface area contributed by atoms with E-state index in [9.17, 15) is 18.0 Å². The fourth-order valence-electron chi connectivity index (χ4n) is 4.10. The smallest absolute Gasteiger partial charge is 0.340 e. The van der Waals surface area contributed by atoms with Crippen LogP contribution in [0.5, 0.6) is 5.75 Å². The van der Waals surface area contributed by atoms with E-state index in [1.54, 1.807) is 43.3 Å². The standard InChI is InChI=1S/C29H29NO6S/c1-19-11-13-23(14-12-19)37(33,34)30-17-7-10-27(31)35-26-16-15-24-20(2)25(18-22-8-5-4-6-9-22)29(32)36-28(24)21(26)3/h4-6,8-9,11-16,30H,7,10,17-18H2,1-3H3. The predicted octanol–water partition coefficient (Wildman–Crippen LogP) is 4.97. The lowest BCUT2D eigenvalue weighted by atomic mass is 9.98. The van der Waals surface area contributed by atoms with Crippen LogP contribution in [-0.4, -0.2) is 20.9 Å². The first-order valence-corrected chi connectivity index (χ1v) is 13.5. The number of ether oxygens (including phenoxy) is 1. The van der Waals surface area contributed by atoms with E-state index in [1.807, 2.05) is 44.2 Å². The second kappa shape index (κ2) is 11.1. The van der Waals surface area contributed by atoms with Crippen LogP contribution >= 0.6 is 0 Å². The molecule has 192 valence electrons. The van der Waals surface area contributed by atoms with Crippen LogP contribution in [0.15, 0.2) is 80.8 Å². The minimum absolute atomic E-state index is 0.0207. The zero-order chi connectivity index (χ0) is 26.6. The van der Waals surface area contributed by atoms with Gasteiger partial charge in [0, 0.05) is 35.9 Å². The van der Waals surface area contributed by atoms with E-state index in [0.717, 1.165) is 22.1 Å². The van der Waals surface area contributed by atoms with Crippen LogP contribution in [-0.2, 0) is 21.2 Å². The fourth-order valence-corrected chi connectivity index (χ4v) is 5.17. The third-order valence-electron chi connectivity index (χ3n) is 6.28. The number of carbonyl (C=O) groups excluding carboxylic acids is 1. The molecule has 0 amide bonds. The third kappa shape index (κ3) is 6.15. The lowest BCUT2D eigenvalue weighted by molar-refractivity contribution is -0.134. The number of nitrogens with one attached hydrogen (secondary N) is 1. The molecule has 0 bridgehead atoms. The summed E-state index contributed by atoms with van der Waals surface area (Å²) in [5.41, 5.74) is 3.93.